The van der Waals surface area contributed by atoms with Gasteiger partial charge in [-0.1, -0.05) is 25.4 Å². The van der Waals surface area contributed by atoms with Gasteiger partial charge in [-0.05, 0) is 11.5 Å². The molecule has 0 spiro atoms. The predicted molar refractivity (Wildman–Crippen MR) is 52.7 cm³/mol. The predicted octanol–water partition coefficient (Wildman–Crippen LogP) is -1.13. The highest BCUT2D eigenvalue weighted by Gasteiger charge is 2.22. The minimum Gasteiger partial charge on any atom is -0.591 e. The van der Waals surface area contributed by atoms with Crippen molar-refractivity contribution in [3.63, 3.8) is 0 Å². The average Bonchev–Trinajstić information content (AvgIpc) is 2.14. The molecule has 0 radical (unpaired) electrons. The van der Waals surface area contributed by atoms with E-state index in [1.165, 1.54) is 5.01 Å². The Morgan fingerprint density at radius 3 is 2.57 bits per heavy atom. The Morgan fingerprint density at radius 2 is 2.21 bits per heavy atom. The van der Waals surface area contributed by atoms with Crippen molar-refractivity contribution in [2.24, 2.45) is 5.92 Å². The van der Waals surface area contributed by atoms with E-state index in [0.717, 1.165) is 0 Å². The molecule has 0 bridgehead atoms. The number of nitrogens with zero attached hydrogens (tertiary/aromatic N) is 1. The highest BCUT2D eigenvalue weighted by atomic mass is 35.5. The molecule has 0 aromatic carbocycles. The van der Waals surface area contributed by atoms with E-state index >= 15 is 0 Å². The van der Waals surface area contributed by atoms with Crippen LogP contribution in [-0.2, 0) is 4.84 Å². The van der Waals surface area contributed by atoms with E-state index in [0.29, 0.717) is 0 Å². The molecule has 0 rings (SSSR count). The van der Waals surface area contributed by atoms with Crippen LogP contribution in [0.25, 0.3) is 0 Å². The van der Waals surface area contributed by atoms with E-state index in [1.807, 2.05) is 13.8 Å². The number of aliphatic hydroxyl groups excluding tert-OH is 1. The van der Waals surface area contributed by atoms with Crippen LogP contribution in [0.1, 0.15) is 13.8 Å². The Kier molecular flexibility index (Phi) is 7.38. The molecule has 0 saturated heterocycles. The van der Waals surface area contributed by atoms with Gasteiger partial charge in [0.15, 0.2) is 0 Å². The van der Waals surface area contributed by atoms with Crippen LogP contribution >= 0.6 is 11.6 Å². The fourth-order valence-corrected chi connectivity index (χ4v) is 1.15. The summed E-state index contributed by atoms with van der Waals surface area (Å²) in [4.78, 5) is 4.53. The number of likely N-dealkylation sites (N-methyl/N-ethyl adjacent to an activating group) is 1. The summed E-state index contributed by atoms with van der Waals surface area (Å²) in [5.41, 5.74) is 2.15. The number of alkyl halides is 1. The van der Waals surface area contributed by atoms with Crippen LogP contribution in [0.4, 0.5) is 0 Å². The zero-order valence-corrected chi connectivity index (χ0v) is 9.41. The van der Waals surface area contributed by atoms with Gasteiger partial charge in [0.1, 0.15) is 6.07 Å². The summed E-state index contributed by atoms with van der Waals surface area (Å²) in [5, 5.41) is 21.3. The molecule has 86 valence electrons. The Balaban J connectivity index is 4.05. The standard InChI is InChI=1S/C7H18ClN3O3/c1-6(2)7(4-12)10(3)11(13)9-14-5-8/h6-7,9,11-12H,4-5H2,1-3H3/t7-/m1/s1. The zero-order valence-electron chi connectivity index (χ0n) is 8.66. The fraction of sp³-hybridized carbons (Fsp3) is 1.00. The van der Waals surface area contributed by atoms with Crippen LogP contribution in [0.5, 0.6) is 0 Å². The second-order valence-electron chi connectivity index (χ2n) is 3.27. The number of hydrogen-bond donors (Lipinski definition) is 3. The molecule has 0 aliphatic carbocycles. The molecule has 2 atom stereocenters. The Bertz CT molecular complexity index is 150. The summed E-state index contributed by atoms with van der Waals surface area (Å²) < 4.78 is 0. The van der Waals surface area contributed by atoms with Crippen LogP contribution in [-0.4, -0.2) is 35.9 Å². The van der Waals surface area contributed by atoms with Crippen LogP contribution < -0.4 is 10.9 Å². The van der Waals surface area contributed by atoms with Crippen molar-refractivity contribution < 1.29 is 15.2 Å². The molecule has 7 heteroatoms. The van der Waals surface area contributed by atoms with Gasteiger partial charge in [0.25, 0.3) is 0 Å². The van der Waals surface area contributed by atoms with E-state index < -0.39 is 5.28 Å². The molecular weight excluding hydrogens is 210 g/mol. The summed E-state index contributed by atoms with van der Waals surface area (Å²) in [6.45, 7) is 3.77. The number of nitrogens with one attached hydrogen (secondary N) is 2. The number of aliphatic hydroxyl groups is 1. The molecule has 0 fully saturated rings. The molecule has 1 unspecified atom stereocenters. The smallest absolute Gasteiger partial charge is 0.147 e. The normalized spacial score (nSPS) is 16.3. The quantitative estimate of drug-likeness (QED) is 0.379. The zero-order chi connectivity index (χ0) is 11.1. The van der Waals surface area contributed by atoms with Gasteiger partial charge in [-0.3, -0.25) is 0 Å². The number of quaternary nitrogens is 1. The summed E-state index contributed by atoms with van der Waals surface area (Å²) in [6.07, 6.45) is 0. The SMILES string of the molecule is CC(C)[C@@H](CO)N(C)[NH+]([O-])NOCCl. The maximum absolute atomic E-state index is 11.3. The molecule has 0 saturated carbocycles. The van der Waals surface area contributed by atoms with Crippen molar-refractivity contribution in [1.29, 1.82) is 0 Å². The molecule has 0 aliphatic rings. The number of halogens is 1. The van der Waals surface area contributed by atoms with E-state index in [-0.39, 0.29) is 24.6 Å². The van der Waals surface area contributed by atoms with Crippen LogP contribution in [0.2, 0.25) is 0 Å². The average molecular weight is 228 g/mol. The summed E-state index contributed by atoms with van der Waals surface area (Å²) in [6, 6.07) is -0.334. The molecule has 0 aliphatic heterocycles. The Hall–Kier alpha value is 0.0500. The summed E-state index contributed by atoms with van der Waals surface area (Å²) in [7, 11) is 1.59. The molecular formula is C7H18ClN3O3. The van der Waals surface area contributed by atoms with Crippen molar-refractivity contribution >= 4 is 11.6 Å². The molecule has 3 N–H and O–H groups in total. The summed E-state index contributed by atoms with van der Waals surface area (Å²) >= 11 is 5.22. The van der Waals surface area contributed by atoms with Gasteiger partial charge in [-0.25, -0.2) is 4.84 Å². The van der Waals surface area contributed by atoms with Gasteiger partial charge in [0, 0.05) is 7.05 Å². The van der Waals surface area contributed by atoms with E-state index in [1.54, 1.807) is 7.05 Å². The van der Waals surface area contributed by atoms with Crippen molar-refractivity contribution in [2.75, 3.05) is 19.7 Å². The van der Waals surface area contributed by atoms with E-state index in [4.69, 9.17) is 16.7 Å². The van der Waals surface area contributed by atoms with Crippen molar-refractivity contribution in [1.82, 2.24) is 10.6 Å². The lowest BCUT2D eigenvalue weighted by atomic mass is 10.1. The third-order valence-corrected chi connectivity index (χ3v) is 2.10. The Morgan fingerprint density at radius 1 is 1.64 bits per heavy atom. The molecule has 0 amide bonds. The third kappa shape index (κ3) is 4.52. The summed E-state index contributed by atoms with van der Waals surface area (Å²) in [5.74, 6) is 0.173. The Labute approximate surface area is 88.9 Å². The first-order valence-corrected chi connectivity index (χ1v) is 4.89. The fourth-order valence-electron chi connectivity index (χ4n) is 1.09. The molecule has 14 heavy (non-hydrogen) atoms. The minimum atomic E-state index is -0.418. The maximum atomic E-state index is 11.3. The van der Waals surface area contributed by atoms with Crippen molar-refractivity contribution in [2.45, 2.75) is 19.9 Å². The number of hydrogen-bond acceptors (Lipinski definition) is 5. The van der Waals surface area contributed by atoms with Crippen LogP contribution in [0, 0.1) is 11.1 Å². The van der Waals surface area contributed by atoms with Crippen molar-refractivity contribution in [3.8, 4) is 0 Å². The number of rotatable bonds is 7. The van der Waals surface area contributed by atoms with Crippen LogP contribution in [0.3, 0.4) is 0 Å². The van der Waals surface area contributed by atoms with E-state index in [2.05, 4.69) is 10.4 Å². The lowest BCUT2D eigenvalue weighted by molar-refractivity contribution is -1.04. The van der Waals surface area contributed by atoms with E-state index in [9.17, 15) is 5.21 Å². The largest absolute Gasteiger partial charge is 0.591 e. The van der Waals surface area contributed by atoms with Gasteiger partial charge in [0.2, 0.25) is 0 Å². The lowest BCUT2D eigenvalue weighted by Gasteiger charge is -2.35. The highest BCUT2D eigenvalue weighted by molar-refractivity contribution is 6.17. The third-order valence-electron chi connectivity index (χ3n) is 1.99. The van der Waals surface area contributed by atoms with Gasteiger partial charge >= 0.3 is 0 Å². The molecule has 0 aromatic rings. The second kappa shape index (κ2) is 7.36. The second-order valence-corrected chi connectivity index (χ2v) is 3.48. The van der Waals surface area contributed by atoms with Crippen LogP contribution in [0.15, 0.2) is 0 Å². The van der Waals surface area contributed by atoms with Gasteiger partial charge < -0.3 is 10.3 Å². The monoisotopic (exact) mass is 227 g/mol. The highest BCUT2D eigenvalue weighted by Crippen LogP contribution is 2.03. The van der Waals surface area contributed by atoms with Gasteiger partial charge in [-0.15, -0.1) is 5.01 Å². The molecule has 0 heterocycles. The first kappa shape index (κ1) is 14.1. The topological polar surface area (TPSA) is 72.2 Å². The molecule has 6 nitrogen and oxygen atoms in total. The van der Waals surface area contributed by atoms with Gasteiger partial charge in [-0.2, -0.15) is 5.28 Å². The lowest BCUT2D eigenvalue weighted by Crippen LogP contribution is -3.20. The molecule has 0 aromatic heterocycles. The van der Waals surface area contributed by atoms with Gasteiger partial charge in [0.05, 0.1) is 12.6 Å². The maximum Gasteiger partial charge on any atom is 0.147 e. The van der Waals surface area contributed by atoms with Crippen molar-refractivity contribution in [3.05, 3.63) is 5.21 Å². The first-order valence-electron chi connectivity index (χ1n) is 4.36. The minimum absolute atomic E-state index is 0.0809. The first-order chi connectivity index (χ1) is 6.54.